The Morgan fingerprint density at radius 2 is 1.76 bits per heavy atom. The third-order valence-corrected chi connectivity index (χ3v) is 9.24. The minimum atomic E-state index is -0.531. The van der Waals surface area contributed by atoms with Gasteiger partial charge in [0, 0.05) is 11.1 Å². The van der Waals surface area contributed by atoms with Crippen molar-refractivity contribution in [2.75, 3.05) is 17.6 Å². The Morgan fingerprint density at radius 3 is 2.44 bits per heavy atom. The van der Waals surface area contributed by atoms with Crippen LogP contribution in [0.4, 0.5) is 11.4 Å². The van der Waals surface area contributed by atoms with Crippen LogP contribution < -0.4 is 21.7 Å². The molecule has 1 saturated heterocycles. The zero-order valence-electron chi connectivity index (χ0n) is 24.5. The lowest BCUT2D eigenvalue weighted by atomic mass is 9.45. The van der Waals surface area contributed by atoms with Crippen LogP contribution in [0.2, 0.25) is 0 Å². The summed E-state index contributed by atoms with van der Waals surface area (Å²) in [7, 11) is -0.531. The molecule has 6 rings (SSSR count). The van der Waals surface area contributed by atoms with E-state index >= 15 is 0 Å². The molecule has 0 spiro atoms. The molecule has 3 saturated carbocycles. The number of nitrogen functional groups attached to an aromatic ring is 1. The Labute approximate surface area is 242 Å². The second-order valence-corrected chi connectivity index (χ2v) is 13.0. The van der Waals surface area contributed by atoms with Gasteiger partial charge < -0.3 is 31.0 Å². The number of nitrogens with one attached hydrogen (secondary N) is 3. The molecule has 2 aromatic rings. The third kappa shape index (κ3) is 5.86. The highest BCUT2D eigenvalue weighted by Gasteiger charge is 2.67. The molecule has 0 aromatic heterocycles. The Hall–Kier alpha value is -3.37. The Bertz CT molecular complexity index is 1330. The summed E-state index contributed by atoms with van der Waals surface area (Å²) in [5.41, 5.74) is 7.32. The van der Waals surface area contributed by atoms with Crippen molar-refractivity contribution in [2.45, 2.75) is 71.5 Å². The van der Waals surface area contributed by atoms with Gasteiger partial charge in [0.05, 0.1) is 35.6 Å². The normalized spacial score (nSPS) is 26.5. The minimum absolute atomic E-state index is 0.0153. The number of anilines is 2. The Kier molecular flexibility index (Phi) is 7.91. The molecule has 4 aliphatic rings. The third-order valence-electron chi connectivity index (χ3n) is 9.24. The highest BCUT2D eigenvalue weighted by Crippen LogP contribution is 2.64. The van der Waals surface area contributed by atoms with E-state index in [2.05, 4.69) is 50.6 Å². The van der Waals surface area contributed by atoms with Crippen LogP contribution in [0.25, 0.3) is 0 Å². The number of carbonyl (C=O) groups is 3. The lowest BCUT2D eigenvalue weighted by Crippen LogP contribution is -2.63. The van der Waals surface area contributed by atoms with Crippen LogP contribution in [0.1, 0.15) is 74.6 Å². The number of nitrogens with two attached hydrogens (primary N) is 1. The second kappa shape index (κ2) is 11.1. The van der Waals surface area contributed by atoms with Gasteiger partial charge in [-0.1, -0.05) is 45.9 Å². The van der Waals surface area contributed by atoms with E-state index in [1.54, 1.807) is 42.5 Å². The van der Waals surface area contributed by atoms with Crippen molar-refractivity contribution >= 4 is 36.2 Å². The van der Waals surface area contributed by atoms with Gasteiger partial charge in [0.1, 0.15) is 0 Å². The van der Waals surface area contributed by atoms with Crippen molar-refractivity contribution in [1.29, 1.82) is 0 Å². The van der Waals surface area contributed by atoms with Gasteiger partial charge in [-0.3, -0.25) is 14.4 Å². The van der Waals surface area contributed by atoms with Gasteiger partial charge >= 0.3 is 7.12 Å². The maximum Gasteiger partial charge on any atom is 0.481 e. The average molecular weight is 561 g/mol. The minimum Gasteiger partial charge on any atom is -0.404 e. The highest BCUT2D eigenvalue weighted by atomic mass is 16.7. The number of amides is 3. The number of rotatable bonds is 9. The molecule has 41 heavy (non-hydrogen) atoms. The fraction of sp³-hybridized carbons (Fsp3) is 0.516. The van der Waals surface area contributed by atoms with Crippen molar-refractivity contribution in [3.05, 3.63) is 59.7 Å². The van der Waals surface area contributed by atoms with E-state index < -0.39 is 18.9 Å². The second-order valence-electron chi connectivity index (χ2n) is 13.0. The number of para-hydroxylation sites is 2. The van der Waals surface area contributed by atoms with Crippen molar-refractivity contribution < 1.29 is 23.7 Å². The molecule has 3 aliphatic carbocycles. The van der Waals surface area contributed by atoms with Gasteiger partial charge in [0.25, 0.3) is 11.8 Å². The molecule has 2 aromatic carbocycles. The smallest absolute Gasteiger partial charge is 0.404 e. The quantitative estimate of drug-likeness (QED) is 0.270. The van der Waals surface area contributed by atoms with Crippen molar-refractivity contribution in [3.8, 4) is 0 Å². The topological polar surface area (TPSA) is 132 Å². The molecular formula is C31H41BN4O5. The highest BCUT2D eigenvalue weighted by molar-refractivity contribution is 6.47. The van der Waals surface area contributed by atoms with Crippen LogP contribution in [0, 0.1) is 23.2 Å². The summed E-state index contributed by atoms with van der Waals surface area (Å²) in [6.07, 6.45) is 2.83. The summed E-state index contributed by atoms with van der Waals surface area (Å²) in [4.78, 5) is 38.6. The lowest BCUT2D eigenvalue weighted by molar-refractivity contribution is -0.185. The van der Waals surface area contributed by atoms with Gasteiger partial charge in [-0.25, -0.2) is 0 Å². The van der Waals surface area contributed by atoms with E-state index in [-0.39, 0.29) is 41.1 Å². The van der Waals surface area contributed by atoms with Crippen molar-refractivity contribution in [2.24, 2.45) is 23.2 Å². The predicted molar refractivity (Wildman–Crippen MR) is 159 cm³/mol. The van der Waals surface area contributed by atoms with E-state index in [9.17, 15) is 14.4 Å². The average Bonchev–Trinajstić information content (AvgIpc) is 3.30. The fourth-order valence-corrected chi connectivity index (χ4v) is 6.79. The zero-order chi connectivity index (χ0) is 29.5. The maximum absolute atomic E-state index is 13.0. The van der Waals surface area contributed by atoms with E-state index in [0.717, 1.165) is 6.42 Å². The molecular weight excluding hydrogens is 519 g/mol. The van der Waals surface area contributed by atoms with Gasteiger partial charge in [0.2, 0.25) is 5.91 Å². The van der Waals surface area contributed by atoms with Gasteiger partial charge in [-0.2, -0.15) is 0 Å². The molecule has 5 N–H and O–H groups in total. The summed E-state index contributed by atoms with van der Waals surface area (Å²) in [6.45, 7) is 10.8. The van der Waals surface area contributed by atoms with Crippen molar-refractivity contribution in [1.82, 2.24) is 10.6 Å². The number of benzene rings is 2. The van der Waals surface area contributed by atoms with Gasteiger partial charge in [-0.15, -0.1) is 0 Å². The van der Waals surface area contributed by atoms with E-state index in [4.69, 9.17) is 15.0 Å². The van der Waals surface area contributed by atoms with Crippen LogP contribution in [0.5, 0.6) is 0 Å². The number of hydrogen-bond acceptors (Lipinski definition) is 6. The molecule has 0 radical (unpaired) electrons. The molecule has 1 heterocycles. The summed E-state index contributed by atoms with van der Waals surface area (Å²) in [6, 6.07) is 13.3. The van der Waals surface area contributed by atoms with Crippen LogP contribution >= 0.6 is 0 Å². The van der Waals surface area contributed by atoms with Crippen LogP contribution in [-0.2, 0) is 14.1 Å². The molecule has 3 amide bonds. The molecule has 2 bridgehead atoms. The first-order chi connectivity index (χ1) is 19.4. The number of hydrogen-bond donors (Lipinski definition) is 4. The van der Waals surface area contributed by atoms with E-state index in [1.807, 2.05) is 0 Å². The van der Waals surface area contributed by atoms with Crippen molar-refractivity contribution in [3.63, 3.8) is 0 Å². The largest absolute Gasteiger partial charge is 0.481 e. The molecule has 218 valence electrons. The lowest BCUT2D eigenvalue weighted by Gasteiger charge is -2.63. The van der Waals surface area contributed by atoms with Crippen LogP contribution in [-0.4, -0.2) is 49.0 Å². The maximum atomic E-state index is 13.0. The SMILES string of the molecule is CC(C)C[C@H](NC(=O)CNC(=O)c1cccc(C(=O)Nc2ccccc2N)c1)B1OC2[C@@H]3CC(C[C@]2(C)O1)C3(C)C. The summed E-state index contributed by atoms with van der Waals surface area (Å²) >= 11 is 0. The molecule has 2 unspecified atom stereocenters. The summed E-state index contributed by atoms with van der Waals surface area (Å²) in [5, 5.41) is 8.48. The van der Waals surface area contributed by atoms with Crippen LogP contribution in [0.3, 0.4) is 0 Å². The summed E-state index contributed by atoms with van der Waals surface area (Å²) in [5.74, 6) is -0.113. The fourth-order valence-electron chi connectivity index (χ4n) is 6.79. The number of carbonyl (C=O) groups excluding carboxylic acids is 3. The molecule has 4 fully saturated rings. The first-order valence-electron chi connectivity index (χ1n) is 14.5. The first kappa shape index (κ1) is 29.1. The van der Waals surface area contributed by atoms with E-state index in [1.165, 1.54) is 12.5 Å². The van der Waals surface area contributed by atoms with Gasteiger partial charge in [-0.05, 0) is 79.7 Å². The van der Waals surface area contributed by atoms with Gasteiger partial charge in [0.15, 0.2) is 0 Å². The Morgan fingerprint density at radius 1 is 1.05 bits per heavy atom. The molecule has 5 atom stereocenters. The molecule has 1 aliphatic heterocycles. The Balaban J connectivity index is 1.18. The van der Waals surface area contributed by atoms with E-state index in [0.29, 0.717) is 41.1 Å². The standard InChI is InChI=1S/C31H41BN4O5/c1-18(2)13-25(32-40-27-22-15-21(30(22,3)4)16-31(27,5)41-32)36-26(37)17-34-28(38)19-9-8-10-20(14-19)29(39)35-24-12-7-6-11-23(24)33/h6-12,14,18,21-22,25,27H,13,15-17,33H2,1-5H3,(H,34,38)(H,35,39)(H,36,37)/t21?,22-,25-,27?,31-/m0/s1. The molecule has 10 heteroatoms. The van der Waals surface area contributed by atoms with Crippen LogP contribution in [0.15, 0.2) is 48.5 Å². The first-order valence-corrected chi connectivity index (χ1v) is 14.5. The summed E-state index contributed by atoms with van der Waals surface area (Å²) < 4.78 is 13.0. The molecule has 9 nitrogen and oxygen atoms in total. The monoisotopic (exact) mass is 560 g/mol. The zero-order valence-corrected chi connectivity index (χ0v) is 24.5. The predicted octanol–water partition coefficient (Wildman–Crippen LogP) is 4.05.